The molecule has 0 saturated heterocycles. The van der Waals surface area contributed by atoms with Gasteiger partial charge in [-0.05, 0) is 30.2 Å². The van der Waals surface area contributed by atoms with E-state index in [1.165, 1.54) is 0 Å². The number of carbonyl (C=O) groups is 1. The average molecular weight is 380 g/mol. The number of nitrogens with zero attached hydrogens (tertiary/aromatic N) is 4. The molecule has 0 N–H and O–H groups in total. The normalized spacial score (nSPS) is 10.6. The summed E-state index contributed by atoms with van der Waals surface area (Å²) in [5.74, 6) is 1.11. The van der Waals surface area contributed by atoms with Crippen LogP contribution in [0.1, 0.15) is 27.3 Å². The van der Waals surface area contributed by atoms with Gasteiger partial charge in [-0.3, -0.25) is 4.79 Å². The van der Waals surface area contributed by atoms with Gasteiger partial charge in [0, 0.05) is 13.6 Å². The van der Waals surface area contributed by atoms with Crippen molar-refractivity contribution < 1.29 is 14.3 Å². The van der Waals surface area contributed by atoms with Crippen LogP contribution >= 0.6 is 0 Å². The van der Waals surface area contributed by atoms with E-state index in [1.807, 2.05) is 55.5 Å². The monoisotopic (exact) mass is 380 g/mol. The van der Waals surface area contributed by atoms with Crippen LogP contribution < -0.4 is 9.47 Å². The number of aromatic nitrogens is 3. The molecule has 0 atom stereocenters. The van der Waals surface area contributed by atoms with Crippen LogP contribution in [0.25, 0.3) is 0 Å². The van der Waals surface area contributed by atoms with Crippen molar-refractivity contribution in [3.05, 3.63) is 71.0 Å². The van der Waals surface area contributed by atoms with E-state index in [4.69, 9.17) is 9.47 Å². The Kier molecular flexibility index (Phi) is 5.93. The highest BCUT2D eigenvalue weighted by atomic mass is 16.5. The fourth-order valence-corrected chi connectivity index (χ4v) is 2.97. The zero-order valence-electron chi connectivity index (χ0n) is 16.5. The SMILES string of the molecule is COc1ccc(CN(C)C(=O)c2nnn(Cc3ccccc3)c2C)cc1OC. The van der Waals surface area contributed by atoms with Gasteiger partial charge in [-0.1, -0.05) is 41.6 Å². The Morgan fingerprint density at radius 1 is 1.04 bits per heavy atom. The van der Waals surface area contributed by atoms with Crippen molar-refractivity contribution in [1.29, 1.82) is 0 Å². The zero-order chi connectivity index (χ0) is 20.1. The van der Waals surface area contributed by atoms with Gasteiger partial charge in [0.1, 0.15) is 0 Å². The van der Waals surface area contributed by atoms with Gasteiger partial charge in [0.25, 0.3) is 5.91 Å². The molecule has 3 aromatic rings. The van der Waals surface area contributed by atoms with Crippen LogP contribution in [0.4, 0.5) is 0 Å². The van der Waals surface area contributed by atoms with Crippen molar-refractivity contribution in [3.8, 4) is 11.5 Å². The van der Waals surface area contributed by atoms with Crippen LogP contribution in [0.2, 0.25) is 0 Å². The Balaban J connectivity index is 1.73. The van der Waals surface area contributed by atoms with Crippen molar-refractivity contribution in [2.75, 3.05) is 21.3 Å². The van der Waals surface area contributed by atoms with E-state index < -0.39 is 0 Å². The Labute approximate surface area is 164 Å². The molecule has 0 saturated carbocycles. The third kappa shape index (κ3) is 4.14. The molecule has 0 bridgehead atoms. The highest BCUT2D eigenvalue weighted by Gasteiger charge is 2.20. The Morgan fingerprint density at radius 3 is 2.43 bits per heavy atom. The van der Waals surface area contributed by atoms with Crippen molar-refractivity contribution in [2.45, 2.75) is 20.0 Å². The molecule has 1 heterocycles. The molecule has 0 aliphatic rings. The molecule has 2 aromatic carbocycles. The predicted octanol–water partition coefficient (Wildman–Crippen LogP) is 2.92. The second kappa shape index (κ2) is 8.56. The summed E-state index contributed by atoms with van der Waals surface area (Å²) in [5.41, 5.74) is 3.14. The number of ether oxygens (including phenoxy) is 2. The van der Waals surface area contributed by atoms with Crippen LogP contribution in [0.15, 0.2) is 48.5 Å². The van der Waals surface area contributed by atoms with E-state index in [0.717, 1.165) is 16.8 Å². The van der Waals surface area contributed by atoms with E-state index in [2.05, 4.69) is 10.3 Å². The van der Waals surface area contributed by atoms with Crippen molar-refractivity contribution >= 4 is 5.91 Å². The third-order valence-electron chi connectivity index (χ3n) is 4.57. The molecule has 0 aliphatic carbocycles. The molecule has 3 rings (SSSR count). The van der Waals surface area contributed by atoms with Crippen LogP contribution in [0.3, 0.4) is 0 Å². The molecule has 28 heavy (non-hydrogen) atoms. The van der Waals surface area contributed by atoms with Gasteiger partial charge in [0.15, 0.2) is 17.2 Å². The smallest absolute Gasteiger partial charge is 0.276 e. The zero-order valence-corrected chi connectivity index (χ0v) is 16.5. The lowest BCUT2D eigenvalue weighted by Gasteiger charge is -2.17. The van der Waals surface area contributed by atoms with Gasteiger partial charge in [0.05, 0.1) is 26.5 Å². The first kappa shape index (κ1) is 19.4. The minimum atomic E-state index is -0.174. The van der Waals surface area contributed by atoms with Gasteiger partial charge in [0.2, 0.25) is 0 Å². The third-order valence-corrected chi connectivity index (χ3v) is 4.57. The summed E-state index contributed by atoms with van der Waals surface area (Å²) in [5, 5.41) is 8.27. The number of amides is 1. The van der Waals surface area contributed by atoms with Gasteiger partial charge in [-0.15, -0.1) is 5.10 Å². The molecule has 7 heteroatoms. The highest BCUT2D eigenvalue weighted by Crippen LogP contribution is 2.28. The molecule has 0 aliphatic heterocycles. The average Bonchev–Trinajstić information content (AvgIpc) is 3.08. The van der Waals surface area contributed by atoms with E-state index in [0.29, 0.717) is 30.3 Å². The fraction of sp³-hybridized carbons (Fsp3) is 0.286. The van der Waals surface area contributed by atoms with E-state index in [9.17, 15) is 4.79 Å². The Hall–Kier alpha value is -3.35. The molecule has 0 unspecified atom stereocenters. The summed E-state index contributed by atoms with van der Waals surface area (Å²) < 4.78 is 12.3. The van der Waals surface area contributed by atoms with Gasteiger partial charge >= 0.3 is 0 Å². The first-order valence-electron chi connectivity index (χ1n) is 8.94. The quantitative estimate of drug-likeness (QED) is 0.630. The number of hydrogen-bond donors (Lipinski definition) is 0. The van der Waals surface area contributed by atoms with E-state index in [-0.39, 0.29) is 5.91 Å². The van der Waals surface area contributed by atoms with E-state index >= 15 is 0 Å². The lowest BCUT2D eigenvalue weighted by Crippen LogP contribution is -2.27. The maximum Gasteiger partial charge on any atom is 0.276 e. The topological polar surface area (TPSA) is 69.5 Å². The first-order valence-corrected chi connectivity index (χ1v) is 8.94. The summed E-state index contributed by atoms with van der Waals surface area (Å²) in [6, 6.07) is 15.6. The van der Waals surface area contributed by atoms with Crippen LogP contribution in [-0.2, 0) is 13.1 Å². The number of hydrogen-bond acceptors (Lipinski definition) is 5. The standard InChI is InChI=1S/C21H24N4O3/c1-15-20(22-23-25(15)14-16-8-6-5-7-9-16)21(26)24(2)13-17-10-11-18(27-3)19(12-17)28-4/h5-12H,13-14H2,1-4H3. The first-order chi connectivity index (χ1) is 13.5. The van der Waals surface area contributed by atoms with Crippen LogP contribution in [0.5, 0.6) is 11.5 Å². The second-order valence-corrected chi connectivity index (χ2v) is 6.52. The summed E-state index contributed by atoms with van der Waals surface area (Å²) in [6.07, 6.45) is 0. The largest absolute Gasteiger partial charge is 0.493 e. The molecule has 7 nitrogen and oxygen atoms in total. The fourth-order valence-electron chi connectivity index (χ4n) is 2.97. The maximum absolute atomic E-state index is 12.9. The molecular weight excluding hydrogens is 356 g/mol. The Morgan fingerprint density at radius 2 is 1.75 bits per heavy atom. The Bertz CT molecular complexity index is 954. The van der Waals surface area contributed by atoms with Crippen LogP contribution in [0, 0.1) is 6.92 Å². The molecule has 1 aromatic heterocycles. The predicted molar refractivity (Wildman–Crippen MR) is 106 cm³/mol. The summed E-state index contributed by atoms with van der Waals surface area (Å²) in [6.45, 7) is 2.86. The number of benzene rings is 2. The van der Waals surface area contributed by atoms with Crippen LogP contribution in [-0.4, -0.2) is 47.1 Å². The molecule has 0 fully saturated rings. The minimum Gasteiger partial charge on any atom is -0.493 e. The van der Waals surface area contributed by atoms with Gasteiger partial charge in [-0.25, -0.2) is 4.68 Å². The number of rotatable bonds is 7. The minimum absolute atomic E-state index is 0.174. The molecule has 1 amide bonds. The maximum atomic E-state index is 12.9. The lowest BCUT2D eigenvalue weighted by molar-refractivity contribution is 0.0778. The summed E-state index contributed by atoms with van der Waals surface area (Å²) >= 11 is 0. The molecular formula is C21H24N4O3. The highest BCUT2D eigenvalue weighted by molar-refractivity contribution is 5.93. The summed E-state index contributed by atoms with van der Waals surface area (Å²) in [7, 11) is 4.92. The van der Waals surface area contributed by atoms with Crippen molar-refractivity contribution in [1.82, 2.24) is 19.9 Å². The van der Waals surface area contributed by atoms with Gasteiger partial charge in [-0.2, -0.15) is 0 Å². The molecule has 146 valence electrons. The molecule has 0 spiro atoms. The second-order valence-electron chi connectivity index (χ2n) is 6.52. The van der Waals surface area contributed by atoms with Crippen molar-refractivity contribution in [3.63, 3.8) is 0 Å². The number of carbonyl (C=O) groups excluding carboxylic acids is 1. The number of methoxy groups -OCH3 is 2. The summed E-state index contributed by atoms with van der Waals surface area (Å²) in [4.78, 5) is 14.5. The molecule has 0 radical (unpaired) electrons. The lowest BCUT2D eigenvalue weighted by atomic mass is 10.2. The van der Waals surface area contributed by atoms with Crippen molar-refractivity contribution in [2.24, 2.45) is 0 Å². The van der Waals surface area contributed by atoms with Gasteiger partial charge < -0.3 is 14.4 Å². The van der Waals surface area contributed by atoms with E-state index in [1.54, 1.807) is 30.8 Å².